The SMILES string of the molecule is CC(C)(C)OC(=O)NC1CCN(c2ccc(F)cc2NC2=CC(=O)N(CCO)C2=O)CC1. The largest absolute Gasteiger partial charge is 0.444 e. The molecule has 0 atom stereocenters. The summed E-state index contributed by atoms with van der Waals surface area (Å²) in [4.78, 5) is 39.4. The third-order valence-corrected chi connectivity index (χ3v) is 5.12. The van der Waals surface area contributed by atoms with Crippen LogP contribution < -0.4 is 15.5 Å². The summed E-state index contributed by atoms with van der Waals surface area (Å²) < 4.78 is 19.3. The number of β-amino-alcohol motifs (C(OH)–C–C–N with tert-alkyl or cyclic N) is 1. The summed E-state index contributed by atoms with van der Waals surface area (Å²) in [6.45, 7) is 6.18. The van der Waals surface area contributed by atoms with Gasteiger partial charge in [0.05, 0.1) is 24.5 Å². The lowest BCUT2D eigenvalue weighted by molar-refractivity contribution is -0.137. The molecule has 32 heavy (non-hydrogen) atoms. The van der Waals surface area contributed by atoms with Crippen LogP contribution in [-0.2, 0) is 14.3 Å². The van der Waals surface area contributed by atoms with E-state index in [1.807, 2.05) is 4.90 Å². The lowest BCUT2D eigenvalue weighted by Crippen LogP contribution is -2.46. The highest BCUT2D eigenvalue weighted by Gasteiger charge is 2.32. The molecule has 2 aliphatic heterocycles. The van der Waals surface area contributed by atoms with Gasteiger partial charge < -0.3 is 25.4 Å². The smallest absolute Gasteiger partial charge is 0.407 e. The van der Waals surface area contributed by atoms with Crippen molar-refractivity contribution in [3.8, 4) is 0 Å². The van der Waals surface area contributed by atoms with E-state index in [1.54, 1.807) is 26.8 Å². The normalized spacial score (nSPS) is 17.5. The summed E-state index contributed by atoms with van der Waals surface area (Å²) in [7, 11) is 0. The van der Waals surface area contributed by atoms with Crippen LogP contribution in [0.1, 0.15) is 33.6 Å². The van der Waals surface area contributed by atoms with Crippen molar-refractivity contribution < 1.29 is 28.6 Å². The zero-order valence-electron chi connectivity index (χ0n) is 18.5. The first kappa shape index (κ1) is 23.5. The van der Waals surface area contributed by atoms with E-state index in [4.69, 9.17) is 9.84 Å². The lowest BCUT2D eigenvalue weighted by Gasteiger charge is -2.35. The van der Waals surface area contributed by atoms with Gasteiger partial charge in [0.15, 0.2) is 0 Å². The van der Waals surface area contributed by atoms with E-state index < -0.39 is 29.3 Å². The van der Waals surface area contributed by atoms with Gasteiger partial charge in [-0.2, -0.15) is 0 Å². The van der Waals surface area contributed by atoms with E-state index in [1.165, 1.54) is 12.1 Å². The Hall–Kier alpha value is -3.14. The number of nitrogens with one attached hydrogen (secondary N) is 2. The quantitative estimate of drug-likeness (QED) is 0.571. The monoisotopic (exact) mass is 448 g/mol. The molecule has 1 aromatic rings. The number of ether oxygens (including phenoxy) is 1. The average molecular weight is 448 g/mol. The zero-order valence-corrected chi connectivity index (χ0v) is 18.5. The van der Waals surface area contributed by atoms with Gasteiger partial charge in [0.25, 0.3) is 11.8 Å². The Labute approximate surface area is 186 Å². The summed E-state index contributed by atoms with van der Waals surface area (Å²) in [5.41, 5.74) is 0.502. The fraction of sp³-hybridized carbons (Fsp3) is 0.500. The van der Waals surface area contributed by atoms with Crippen molar-refractivity contribution in [2.45, 2.75) is 45.3 Å². The predicted molar refractivity (Wildman–Crippen MR) is 117 cm³/mol. The number of carbonyl (C=O) groups excluding carboxylic acids is 3. The van der Waals surface area contributed by atoms with Crippen molar-refractivity contribution in [3.05, 3.63) is 35.8 Å². The minimum Gasteiger partial charge on any atom is -0.444 e. The maximum absolute atomic E-state index is 14.0. The van der Waals surface area contributed by atoms with Crippen LogP contribution >= 0.6 is 0 Å². The standard InChI is InChI=1S/C22H29FN4O5/c1-22(2,3)32-21(31)24-15-6-8-26(9-7-15)18-5-4-14(23)12-16(18)25-17-13-19(29)27(10-11-28)20(17)30/h4-5,12-13,15,25,28H,6-11H2,1-3H3,(H,24,31). The van der Waals surface area contributed by atoms with Gasteiger partial charge >= 0.3 is 6.09 Å². The number of anilines is 2. The lowest BCUT2D eigenvalue weighted by atomic mass is 10.0. The molecule has 1 fully saturated rings. The van der Waals surface area contributed by atoms with Crippen LogP contribution in [0.4, 0.5) is 20.6 Å². The van der Waals surface area contributed by atoms with Gasteiger partial charge in [-0.05, 0) is 51.8 Å². The molecule has 9 nitrogen and oxygen atoms in total. The number of benzene rings is 1. The Kier molecular flexibility index (Phi) is 7.02. The third kappa shape index (κ3) is 5.76. The molecule has 0 radical (unpaired) electrons. The van der Waals surface area contributed by atoms with Crippen molar-refractivity contribution in [2.75, 3.05) is 36.5 Å². The van der Waals surface area contributed by atoms with Gasteiger partial charge in [-0.15, -0.1) is 0 Å². The van der Waals surface area contributed by atoms with Crippen molar-refractivity contribution in [1.82, 2.24) is 10.2 Å². The van der Waals surface area contributed by atoms with Gasteiger partial charge in [0, 0.05) is 25.2 Å². The molecule has 1 aromatic carbocycles. The maximum atomic E-state index is 14.0. The Balaban J connectivity index is 1.66. The Bertz CT molecular complexity index is 919. The van der Waals surface area contributed by atoms with E-state index in [0.29, 0.717) is 37.3 Å². The van der Waals surface area contributed by atoms with E-state index in [-0.39, 0.29) is 24.9 Å². The third-order valence-electron chi connectivity index (χ3n) is 5.12. The van der Waals surface area contributed by atoms with E-state index in [0.717, 1.165) is 11.0 Å². The van der Waals surface area contributed by atoms with E-state index in [2.05, 4.69) is 10.6 Å². The van der Waals surface area contributed by atoms with Crippen LogP contribution in [0.3, 0.4) is 0 Å². The van der Waals surface area contributed by atoms with Gasteiger partial charge in [0.1, 0.15) is 17.1 Å². The Morgan fingerprint density at radius 2 is 1.94 bits per heavy atom. The molecule has 0 saturated carbocycles. The minimum absolute atomic E-state index is 0.0248. The highest BCUT2D eigenvalue weighted by molar-refractivity contribution is 6.17. The molecule has 174 valence electrons. The highest BCUT2D eigenvalue weighted by atomic mass is 19.1. The number of alkyl carbamates (subject to hydrolysis) is 1. The summed E-state index contributed by atoms with van der Waals surface area (Å²) >= 11 is 0. The summed E-state index contributed by atoms with van der Waals surface area (Å²) in [5, 5.41) is 14.8. The molecular formula is C22H29FN4O5. The number of hydrogen-bond donors (Lipinski definition) is 3. The zero-order chi connectivity index (χ0) is 23.5. The number of hydrogen-bond acceptors (Lipinski definition) is 7. The van der Waals surface area contributed by atoms with Gasteiger partial charge in [-0.1, -0.05) is 0 Å². The van der Waals surface area contributed by atoms with E-state index in [9.17, 15) is 18.8 Å². The second kappa shape index (κ2) is 9.56. The average Bonchev–Trinajstić information content (AvgIpc) is 2.95. The van der Waals surface area contributed by atoms with Crippen LogP contribution in [0.25, 0.3) is 0 Å². The molecule has 3 rings (SSSR count). The predicted octanol–water partition coefficient (Wildman–Crippen LogP) is 1.98. The molecule has 2 heterocycles. The number of rotatable bonds is 6. The first-order valence-corrected chi connectivity index (χ1v) is 10.6. The van der Waals surface area contributed by atoms with E-state index >= 15 is 0 Å². The van der Waals surface area contributed by atoms with Crippen molar-refractivity contribution in [1.29, 1.82) is 0 Å². The fourth-order valence-corrected chi connectivity index (χ4v) is 3.68. The number of piperidine rings is 1. The second-order valence-electron chi connectivity index (χ2n) is 8.77. The topological polar surface area (TPSA) is 111 Å². The van der Waals surface area contributed by atoms with Crippen LogP contribution in [0.2, 0.25) is 0 Å². The molecule has 3 N–H and O–H groups in total. The van der Waals surface area contributed by atoms with Crippen molar-refractivity contribution >= 4 is 29.3 Å². The number of imide groups is 1. The van der Waals surface area contributed by atoms with Gasteiger partial charge in [0.2, 0.25) is 0 Å². The molecule has 0 spiro atoms. The van der Waals surface area contributed by atoms with Crippen molar-refractivity contribution in [2.24, 2.45) is 0 Å². The van der Waals surface area contributed by atoms with Crippen molar-refractivity contribution in [3.63, 3.8) is 0 Å². The van der Waals surface area contributed by atoms with Gasteiger partial charge in [-0.25, -0.2) is 9.18 Å². The summed E-state index contributed by atoms with van der Waals surface area (Å²) in [6.07, 6.45) is 2.02. The number of carbonyl (C=O) groups is 3. The molecular weight excluding hydrogens is 419 g/mol. The maximum Gasteiger partial charge on any atom is 0.407 e. The number of halogens is 1. The molecule has 0 unspecified atom stereocenters. The molecule has 0 aromatic heterocycles. The summed E-state index contributed by atoms with van der Waals surface area (Å²) in [6, 6.07) is 4.18. The number of aliphatic hydroxyl groups is 1. The van der Waals surface area contributed by atoms with Crippen LogP contribution in [-0.4, -0.2) is 65.8 Å². The molecule has 10 heteroatoms. The summed E-state index contributed by atoms with van der Waals surface area (Å²) in [5.74, 6) is -1.58. The Morgan fingerprint density at radius 3 is 2.56 bits per heavy atom. The van der Waals surface area contributed by atoms with Crippen LogP contribution in [0.5, 0.6) is 0 Å². The highest BCUT2D eigenvalue weighted by Crippen LogP contribution is 2.31. The second-order valence-corrected chi connectivity index (χ2v) is 8.77. The number of aliphatic hydroxyl groups excluding tert-OH is 1. The Morgan fingerprint density at radius 1 is 1.25 bits per heavy atom. The number of nitrogens with zero attached hydrogens (tertiary/aromatic N) is 2. The first-order valence-electron chi connectivity index (χ1n) is 10.6. The molecule has 1 saturated heterocycles. The van der Waals surface area contributed by atoms with Crippen LogP contribution in [0.15, 0.2) is 30.0 Å². The molecule has 0 aliphatic carbocycles. The fourth-order valence-electron chi connectivity index (χ4n) is 3.68. The molecule has 2 aliphatic rings. The van der Waals surface area contributed by atoms with Crippen LogP contribution in [0, 0.1) is 5.82 Å². The molecule has 3 amide bonds. The van der Waals surface area contributed by atoms with Gasteiger partial charge in [-0.3, -0.25) is 14.5 Å². The first-order chi connectivity index (χ1) is 15.1. The molecule has 0 bridgehead atoms. The number of amides is 3. The minimum atomic E-state index is -0.570.